The van der Waals surface area contributed by atoms with Crippen molar-refractivity contribution in [2.24, 2.45) is 11.8 Å². The standard InChI is InChI=1S/C30H43BrN2O5/c1-29(2,3)38-26(34)20-35-18-22-13-11-21(12-14-22)17-33-25(16-15-24-19-36-30(4,5)37-24)27(31)28(32-33)23-9-7-6-8-10-23/h6-10,21-22,24H,11-20H2,1-5H3/t21?,22?,24-/m1/s1. The summed E-state index contributed by atoms with van der Waals surface area (Å²) < 4.78 is 26.2. The minimum atomic E-state index is -0.507. The average molecular weight is 592 g/mol. The first kappa shape index (κ1) is 29.2. The van der Waals surface area contributed by atoms with Crippen LogP contribution in [0.4, 0.5) is 0 Å². The maximum atomic E-state index is 11.9. The van der Waals surface area contributed by atoms with Crippen molar-refractivity contribution < 1.29 is 23.7 Å². The van der Waals surface area contributed by atoms with E-state index in [-0.39, 0.29) is 18.7 Å². The van der Waals surface area contributed by atoms with Gasteiger partial charge in [-0.05, 0) is 101 Å². The number of rotatable bonds is 10. The Hall–Kier alpha value is -1.74. The zero-order valence-corrected chi connectivity index (χ0v) is 25.1. The van der Waals surface area contributed by atoms with E-state index >= 15 is 0 Å². The summed E-state index contributed by atoms with van der Waals surface area (Å²) >= 11 is 3.89. The number of benzene rings is 1. The van der Waals surface area contributed by atoms with Crippen LogP contribution in [0.25, 0.3) is 11.3 Å². The normalized spacial score (nSPS) is 23.5. The number of hydrogen-bond acceptors (Lipinski definition) is 6. The van der Waals surface area contributed by atoms with Crippen LogP contribution in [0.1, 0.15) is 72.4 Å². The Bertz CT molecular complexity index is 1050. The maximum absolute atomic E-state index is 11.9. The van der Waals surface area contributed by atoms with E-state index in [0.717, 1.165) is 60.8 Å². The second-order valence-electron chi connectivity index (χ2n) is 12.1. The molecule has 1 saturated heterocycles. The first-order valence-corrected chi connectivity index (χ1v) is 14.7. The van der Waals surface area contributed by atoms with Gasteiger partial charge in [-0.3, -0.25) is 4.68 Å². The average Bonchev–Trinajstić information content (AvgIpc) is 3.36. The Labute approximate surface area is 235 Å². The van der Waals surface area contributed by atoms with Gasteiger partial charge in [0.15, 0.2) is 5.79 Å². The van der Waals surface area contributed by atoms with Crippen LogP contribution < -0.4 is 0 Å². The van der Waals surface area contributed by atoms with Crippen LogP contribution in [0.2, 0.25) is 0 Å². The molecule has 210 valence electrons. The topological polar surface area (TPSA) is 71.8 Å². The zero-order valence-electron chi connectivity index (χ0n) is 23.5. The van der Waals surface area contributed by atoms with E-state index < -0.39 is 11.4 Å². The van der Waals surface area contributed by atoms with Gasteiger partial charge in [0.1, 0.15) is 17.9 Å². The molecule has 7 nitrogen and oxygen atoms in total. The maximum Gasteiger partial charge on any atom is 0.332 e. The van der Waals surface area contributed by atoms with Crippen LogP contribution in [0.15, 0.2) is 34.8 Å². The molecule has 0 bridgehead atoms. The molecular formula is C30H43BrN2O5. The molecule has 2 aliphatic rings. The van der Waals surface area contributed by atoms with Crippen molar-refractivity contribution in [1.82, 2.24) is 9.78 Å². The van der Waals surface area contributed by atoms with E-state index in [4.69, 9.17) is 24.0 Å². The van der Waals surface area contributed by atoms with Crippen molar-refractivity contribution in [1.29, 1.82) is 0 Å². The number of carbonyl (C=O) groups excluding carboxylic acids is 1. The Morgan fingerprint density at radius 3 is 2.45 bits per heavy atom. The van der Waals surface area contributed by atoms with Gasteiger partial charge in [0.05, 0.1) is 29.5 Å². The van der Waals surface area contributed by atoms with Crippen LogP contribution in [-0.2, 0) is 36.7 Å². The lowest BCUT2D eigenvalue weighted by atomic mass is 9.82. The van der Waals surface area contributed by atoms with Crippen molar-refractivity contribution in [2.45, 2.75) is 97.2 Å². The van der Waals surface area contributed by atoms with Crippen LogP contribution in [0, 0.1) is 11.8 Å². The third-order valence-corrected chi connectivity index (χ3v) is 8.04. The highest BCUT2D eigenvalue weighted by Crippen LogP contribution is 2.35. The molecular weight excluding hydrogens is 548 g/mol. The van der Waals surface area contributed by atoms with E-state index in [9.17, 15) is 4.79 Å². The van der Waals surface area contributed by atoms with E-state index in [2.05, 4.69) is 44.9 Å². The Morgan fingerprint density at radius 2 is 1.82 bits per heavy atom. The first-order valence-electron chi connectivity index (χ1n) is 13.9. The monoisotopic (exact) mass is 590 g/mol. The van der Waals surface area contributed by atoms with Crippen molar-refractivity contribution >= 4 is 21.9 Å². The van der Waals surface area contributed by atoms with E-state index in [1.54, 1.807) is 0 Å². The highest BCUT2D eigenvalue weighted by atomic mass is 79.9. The molecule has 0 amide bonds. The molecule has 0 N–H and O–H groups in total. The number of halogens is 1. The fourth-order valence-electron chi connectivity index (χ4n) is 5.35. The quantitative estimate of drug-likeness (QED) is 0.292. The number of carbonyl (C=O) groups is 1. The Balaban J connectivity index is 1.34. The fourth-order valence-corrected chi connectivity index (χ4v) is 6.06. The van der Waals surface area contributed by atoms with E-state index in [0.29, 0.717) is 25.0 Å². The fraction of sp³-hybridized carbons (Fsp3) is 0.667. The summed E-state index contributed by atoms with van der Waals surface area (Å²) in [5.74, 6) is 0.249. The molecule has 2 heterocycles. The summed E-state index contributed by atoms with van der Waals surface area (Å²) in [4.78, 5) is 11.9. The molecule has 2 fully saturated rings. The summed E-state index contributed by atoms with van der Waals surface area (Å²) in [6, 6.07) is 10.4. The highest BCUT2D eigenvalue weighted by molar-refractivity contribution is 9.10. The van der Waals surface area contributed by atoms with Gasteiger partial charge in [0.25, 0.3) is 0 Å². The van der Waals surface area contributed by atoms with Crippen molar-refractivity contribution in [3.05, 3.63) is 40.5 Å². The van der Waals surface area contributed by atoms with Gasteiger partial charge in [0, 0.05) is 12.1 Å². The molecule has 38 heavy (non-hydrogen) atoms. The van der Waals surface area contributed by atoms with Gasteiger partial charge in [-0.25, -0.2) is 4.79 Å². The van der Waals surface area contributed by atoms with E-state index in [1.165, 1.54) is 5.69 Å². The number of nitrogens with zero attached hydrogens (tertiary/aromatic N) is 2. The summed E-state index contributed by atoms with van der Waals surface area (Å²) in [6.45, 7) is 11.7. The summed E-state index contributed by atoms with van der Waals surface area (Å²) in [7, 11) is 0. The van der Waals surface area contributed by atoms with Crippen LogP contribution in [-0.4, -0.2) is 53.1 Å². The van der Waals surface area contributed by atoms with Crippen LogP contribution in [0.3, 0.4) is 0 Å². The van der Waals surface area contributed by atoms with Gasteiger partial charge in [0.2, 0.25) is 0 Å². The smallest absolute Gasteiger partial charge is 0.332 e. The molecule has 1 aromatic heterocycles. The molecule has 0 spiro atoms. The second kappa shape index (κ2) is 12.6. The van der Waals surface area contributed by atoms with Gasteiger partial charge in [-0.15, -0.1) is 0 Å². The second-order valence-corrected chi connectivity index (χ2v) is 12.9. The lowest BCUT2D eigenvalue weighted by molar-refractivity contribution is -0.160. The molecule has 1 atom stereocenters. The number of hydrogen-bond donors (Lipinski definition) is 0. The third-order valence-electron chi connectivity index (χ3n) is 7.20. The Morgan fingerprint density at radius 1 is 1.13 bits per heavy atom. The lowest BCUT2D eigenvalue weighted by Crippen LogP contribution is -2.28. The largest absolute Gasteiger partial charge is 0.458 e. The van der Waals surface area contributed by atoms with Crippen LogP contribution in [0.5, 0.6) is 0 Å². The molecule has 4 rings (SSSR count). The molecule has 1 aliphatic heterocycles. The predicted molar refractivity (Wildman–Crippen MR) is 151 cm³/mol. The highest BCUT2D eigenvalue weighted by Gasteiger charge is 2.33. The molecule has 1 aliphatic carbocycles. The van der Waals surface area contributed by atoms with E-state index in [1.807, 2.05) is 40.7 Å². The third kappa shape index (κ3) is 8.38. The predicted octanol–water partition coefficient (Wildman–Crippen LogP) is 6.56. The Kier molecular flexibility index (Phi) is 9.72. The minimum Gasteiger partial charge on any atom is -0.458 e. The van der Waals surface area contributed by atoms with Gasteiger partial charge in [-0.1, -0.05) is 30.3 Å². The van der Waals surface area contributed by atoms with Gasteiger partial charge in [-0.2, -0.15) is 5.10 Å². The zero-order chi connectivity index (χ0) is 27.3. The summed E-state index contributed by atoms with van der Waals surface area (Å²) in [5.41, 5.74) is 2.86. The van der Waals surface area contributed by atoms with Crippen LogP contribution >= 0.6 is 15.9 Å². The summed E-state index contributed by atoms with van der Waals surface area (Å²) in [6.07, 6.45) is 6.33. The molecule has 1 saturated carbocycles. The number of esters is 1. The molecule has 8 heteroatoms. The number of ether oxygens (including phenoxy) is 4. The van der Waals surface area contributed by atoms with Gasteiger partial charge < -0.3 is 18.9 Å². The molecule has 0 radical (unpaired) electrons. The van der Waals surface area contributed by atoms with Crippen molar-refractivity contribution in [3.63, 3.8) is 0 Å². The first-order chi connectivity index (χ1) is 18.0. The molecule has 1 aromatic carbocycles. The van der Waals surface area contributed by atoms with Crippen molar-refractivity contribution in [3.8, 4) is 11.3 Å². The number of aromatic nitrogens is 2. The van der Waals surface area contributed by atoms with Crippen molar-refractivity contribution in [2.75, 3.05) is 19.8 Å². The minimum absolute atomic E-state index is 0.0249. The lowest BCUT2D eigenvalue weighted by Gasteiger charge is -2.29. The summed E-state index contributed by atoms with van der Waals surface area (Å²) in [5, 5.41) is 5.09. The SMILES string of the molecule is CC(C)(C)OC(=O)COCC1CCC(Cn2nc(-c3ccccc3)c(Br)c2CC[C@@H]2COC(C)(C)O2)CC1. The molecule has 2 aromatic rings. The van der Waals surface area contributed by atoms with Gasteiger partial charge >= 0.3 is 5.97 Å². The molecule has 0 unspecified atom stereocenters.